The monoisotopic (exact) mass is 420 g/mol. The third-order valence-corrected chi connectivity index (χ3v) is 4.19. The number of thiol groups is 1. The number of carboxylic acid groups (broad SMARTS) is 2. The Morgan fingerprint density at radius 1 is 0.929 bits per heavy atom. The summed E-state index contributed by atoms with van der Waals surface area (Å²) in [6.07, 6.45) is -0.742. The minimum absolute atomic E-state index is 0.0874. The first-order valence-electron chi connectivity index (χ1n) is 8.62. The SMILES string of the molecule is CC(NC(=O)C(N)CS)C(=O)NC(C(=O)NC(CCC(=O)O)C(=O)O)C(C)C. The lowest BCUT2D eigenvalue weighted by Gasteiger charge is -2.25. The molecule has 0 saturated carbocycles. The normalized spacial score (nSPS) is 15.1. The zero-order valence-corrected chi connectivity index (χ0v) is 16.9. The van der Waals surface area contributed by atoms with E-state index in [1.165, 1.54) is 6.92 Å². The summed E-state index contributed by atoms with van der Waals surface area (Å²) in [7, 11) is 0. The van der Waals surface area contributed by atoms with Crippen molar-refractivity contribution in [2.75, 3.05) is 5.75 Å². The van der Waals surface area contributed by atoms with Gasteiger partial charge in [0.15, 0.2) is 0 Å². The van der Waals surface area contributed by atoms with Gasteiger partial charge in [-0.1, -0.05) is 13.8 Å². The van der Waals surface area contributed by atoms with Crippen molar-refractivity contribution in [3.63, 3.8) is 0 Å². The number of amides is 3. The maximum Gasteiger partial charge on any atom is 0.326 e. The maximum absolute atomic E-state index is 12.4. The molecule has 0 aromatic rings. The first-order valence-corrected chi connectivity index (χ1v) is 9.26. The van der Waals surface area contributed by atoms with Gasteiger partial charge in [-0.25, -0.2) is 4.79 Å². The van der Waals surface area contributed by atoms with Crippen LogP contribution in [0.25, 0.3) is 0 Å². The molecule has 0 radical (unpaired) electrons. The van der Waals surface area contributed by atoms with Crippen molar-refractivity contribution in [3.05, 3.63) is 0 Å². The molecule has 0 rings (SSSR count). The topological polar surface area (TPSA) is 188 Å². The Bertz CT molecular complexity index is 600. The number of carbonyl (C=O) groups excluding carboxylic acids is 3. The van der Waals surface area contributed by atoms with Gasteiger partial charge in [-0.3, -0.25) is 19.2 Å². The van der Waals surface area contributed by atoms with Crippen LogP contribution in [0.15, 0.2) is 0 Å². The van der Waals surface area contributed by atoms with Gasteiger partial charge in [0, 0.05) is 12.2 Å². The second-order valence-electron chi connectivity index (χ2n) is 6.58. The molecule has 0 aliphatic heterocycles. The standard InChI is InChI=1S/C16H28N4O7S/c1-7(2)12(15(25)19-10(16(26)27)4-5-11(21)22)20-13(23)8(3)18-14(24)9(17)6-28/h7-10,12,28H,4-6,17H2,1-3H3,(H,18,24)(H,19,25)(H,20,23)(H,21,22)(H,26,27). The number of nitrogens with one attached hydrogen (secondary N) is 3. The molecule has 0 aromatic carbocycles. The van der Waals surface area contributed by atoms with E-state index in [4.69, 9.17) is 15.9 Å². The van der Waals surface area contributed by atoms with E-state index in [2.05, 4.69) is 28.6 Å². The second-order valence-corrected chi connectivity index (χ2v) is 6.95. The predicted molar refractivity (Wildman–Crippen MR) is 103 cm³/mol. The van der Waals surface area contributed by atoms with Crippen LogP contribution in [0.1, 0.15) is 33.6 Å². The van der Waals surface area contributed by atoms with Crippen LogP contribution >= 0.6 is 12.6 Å². The molecule has 7 N–H and O–H groups in total. The molecule has 0 heterocycles. The van der Waals surface area contributed by atoms with Crippen molar-refractivity contribution in [3.8, 4) is 0 Å². The molecule has 11 nitrogen and oxygen atoms in total. The zero-order valence-electron chi connectivity index (χ0n) is 16.0. The van der Waals surface area contributed by atoms with Crippen molar-refractivity contribution >= 4 is 42.3 Å². The molecule has 3 amide bonds. The summed E-state index contributed by atoms with van der Waals surface area (Å²) in [6.45, 7) is 4.68. The van der Waals surface area contributed by atoms with E-state index in [1.54, 1.807) is 13.8 Å². The van der Waals surface area contributed by atoms with E-state index in [0.29, 0.717) is 0 Å². The Morgan fingerprint density at radius 3 is 1.93 bits per heavy atom. The molecular weight excluding hydrogens is 392 g/mol. The summed E-state index contributed by atoms with van der Waals surface area (Å²) in [4.78, 5) is 58.3. The quantitative estimate of drug-likeness (QED) is 0.182. The van der Waals surface area contributed by atoms with E-state index >= 15 is 0 Å². The van der Waals surface area contributed by atoms with Gasteiger partial charge >= 0.3 is 11.9 Å². The summed E-state index contributed by atoms with van der Waals surface area (Å²) in [5.41, 5.74) is 5.51. The minimum Gasteiger partial charge on any atom is -0.481 e. The van der Waals surface area contributed by atoms with Crippen molar-refractivity contribution in [1.29, 1.82) is 0 Å². The van der Waals surface area contributed by atoms with E-state index in [9.17, 15) is 24.0 Å². The summed E-state index contributed by atoms with van der Waals surface area (Å²) in [5.74, 6) is -4.91. The Kier molecular flexibility index (Phi) is 11.2. The summed E-state index contributed by atoms with van der Waals surface area (Å²) >= 11 is 3.89. The lowest BCUT2D eigenvalue weighted by atomic mass is 10.0. The average Bonchev–Trinajstić information content (AvgIpc) is 2.60. The van der Waals surface area contributed by atoms with Crippen LogP contribution in [0.4, 0.5) is 0 Å². The highest BCUT2D eigenvalue weighted by molar-refractivity contribution is 7.80. The summed E-state index contributed by atoms with van der Waals surface area (Å²) in [5, 5.41) is 24.9. The van der Waals surface area contributed by atoms with Gasteiger partial charge in [0.05, 0.1) is 6.04 Å². The Hall–Kier alpha value is -2.34. The van der Waals surface area contributed by atoms with Crippen molar-refractivity contribution in [2.24, 2.45) is 11.7 Å². The first-order chi connectivity index (χ1) is 12.9. The summed E-state index contributed by atoms with van der Waals surface area (Å²) in [6, 6.07) is -4.38. The zero-order chi connectivity index (χ0) is 22.0. The van der Waals surface area contributed by atoms with Gasteiger partial charge in [0.25, 0.3) is 0 Å². The highest BCUT2D eigenvalue weighted by Crippen LogP contribution is 2.05. The maximum atomic E-state index is 12.4. The molecule has 0 spiro atoms. The number of carboxylic acids is 2. The van der Waals surface area contributed by atoms with E-state index in [0.717, 1.165) is 0 Å². The van der Waals surface area contributed by atoms with Crippen molar-refractivity contribution in [1.82, 2.24) is 16.0 Å². The predicted octanol–water partition coefficient (Wildman–Crippen LogP) is -1.68. The smallest absolute Gasteiger partial charge is 0.326 e. The third kappa shape index (κ3) is 9.04. The van der Waals surface area contributed by atoms with Crippen LogP contribution in [0.2, 0.25) is 0 Å². The lowest BCUT2D eigenvalue weighted by molar-refractivity contribution is -0.143. The van der Waals surface area contributed by atoms with E-state index in [1.807, 2.05) is 0 Å². The molecule has 0 aromatic heterocycles. The minimum atomic E-state index is -1.41. The van der Waals surface area contributed by atoms with Crippen LogP contribution in [0.5, 0.6) is 0 Å². The van der Waals surface area contributed by atoms with Gasteiger partial charge in [-0.2, -0.15) is 12.6 Å². The van der Waals surface area contributed by atoms with Crippen molar-refractivity contribution < 1.29 is 34.2 Å². The number of hydrogen-bond donors (Lipinski definition) is 7. The number of hydrogen-bond acceptors (Lipinski definition) is 7. The van der Waals surface area contributed by atoms with Gasteiger partial charge in [0.1, 0.15) is 18.1 Å². The largest absolute Gasteiger partial charge is 0.481 e. The molecule has 0 fully saturated rings. The number of aliphatic carboxylic acids is 2. The van der Waals surface area contributed by atoms with E-state index < -0.39 is 66.2 Å². The fourth-order valence-electron chi connectivity index (χ4n) is 2.07. The second kappa shape index (κ2) is 12.2. The molecule has 28 heavy (non-hydrogen) atoms. The Balaban J connectivity index is 5.02. The Morgan fingerprint density at radius 2 is 1.50 bits per heavy atom. The number of nitrogens with two attached hydrogens (primary N) is 1. The number of carbonyl (C=O) groups is 5. The lowest BCUT2D eigenvalue weighted by Crippen LogP contribution is -2.57. The fraction of sp³-hybridized carbons (Fsp3) is 0.688. The van der Waals surface area contributed by atoms with Gasteiger partial charge in [-0.05, 0) is 19.3 Å². The molecule has 0 bridgehead atoms. The molecule has 160 valence electrons. The van der Waals surface area contributed by atoms with Gasteiger partial charge in [0.2, 0.25) is 17.7 Å². The van der Waals surface area contributed by atoms with E-state index in [-0.39, 0.29) is 12.2 Å². The molecule has 12 heteroatoms. The first kappa shape index (κ1) is 25.7. The highest BCUT2D eigenvalue weighted by atomic mass is 32.1. The van der Waals surface area contributed by atoms with Crippen LogP contribution < -0.4 is 21.7 Å². The fourth-order valence-corrected chi connectivity index (χ4v) is 2.23. The molecule has 4 atom stereocenters. The van der Waals surface area contributed by atoms with Gasteiger partial charge in [-0.15, -0.1) is 0 Å². The average molecular weight is 420 g/mol. The van der Waals surface area contributed by atoms with Crippen molar-refractivity contribution in [2.45, 2.75) is 57.8 Å². The van der Waals surface area contributed by atoms with Crippen LogP contribution in [-0.4, -0.2) is 69.8 Å². The van der Waals surface area contributed by atoms with Crippen LogP contribution in [0.3, 0.4) is 0 Å². The third-order valence-electron chi connectivity index (χ3n) is 3.79. The van der Waals surface area contributed by atoms with Crippen LogP contribution in [0, 0.1) is 5.92 Å². The molecule has 4 unspecified atom stereocenters. The molecule has 0 aliphatic rings. The molecule has 0 aliphatic carbocycles. The Labute approximate surface area is 168 Å². The van der Waals surface area contributed by atoms with Gasteiger partial charge < -0.3 is 31.9 Å². The van der Waals surface area contributed by atoms with Crippen LogP contribution in [-0.2, 0) is 24.0 Å². The highest BCUT2D eigenvalue weighted by Gasteiger charge is 2.30. The molecular formula is C16H28N4O7S. The number of rotatable bonds is 12. The summed E-state index contributed by atoms with van der Waals surface area (Å²) < 4.78 is 0. The molecule has 0 saturated heterocycles.